The molecule has 0 amide bonds. The summed E-state index contributed by atoms with van der Waals surface area (Å²) in [5, 5.41) is 1.20. The first-order chi connectivity index (χ1) is 8.84. The normalized spacial score (nSPS) is 10.7. The van der Waals surface area contributed by atoms with E-state index in [4.69, 9.17) is 5.73 Å². The van der Waals surface area contributed by atoms with E-state index in [1.807, 2.05) is 42.6 Å². The molecule has 0 radical (unpaired) electrons. The molecule has 2 N–H and O–H groups in total. The molecule has 3 rings (SSSR count). The summed E-state index contributed by atoms with van der Waals surface area (Å²) in [5.74, 6) is 0. The number of hydrogen-bond acceptors (Lipinski definition) is 2. The molecule has 88 valence electrons. The molecular weight excluding hydrogens is 220 g/mol. The summed E-state index contributed by atoms with van der Waals surface area (Å²) in [5.41, 5.74) is 10.3. The highest BCUT2D eigenvalue weighted by atomic mass is 14.6. The van der Waals surface area contributed by atoms with Gasteiger partial charge in [-0.1, -0.05) is 36.4 Å². The van der Waals surface area contributed by atoms with Gasteiger partial charge in [-0.25, -0.2) is 0 Å². The van der Waals surface area contributed by atoms with Crippen LogP contribution in [-0.2, 0) is 6.42 Å². The van der Waals surface area contributed by atoms with Crippen LogP contribution in [0, 0.1) is 0 Å². The number of rotatable bonds is 2. The molecule has 18 heavy (non-hydrogen) atoms. The molecule has 0 fully saturated rings. The minimum absolute atomic E-state index is 0.843. The van der Waals surface area contributed by atoms with Crippen molar-refractivity contribution >= 4 is 16.6 Å². The largest absolute Gasteiger partial charge is 0.398 e. The Kier molecular flexibility index (Phi) is 2.69. The average molecular weight is 234 g/mol. The van der Waals surface area contributed by atoms with E-state index in [0.717, 1.165) is 23.2 Å². The Bertz CT molecular complexity index is 684. The SMILES string of the molecule is Nc1ccccc1Cc1ccnc2ccccc12. The van der Waals surface area contributed by atoms with Gasteiger partial charge in [0.05, 0.1) is 5.52 Å². The number of aromatic nitrogens is 1. The lowest BCUT2D eigenvalue weighted by Crippen LogP contribution is -1.96. The topological polar surface area (TPSA) is 38.9 Å². The molecule has 2 heteroatoms. The molecule has 1 heterocycles. The second-order valence-electron chi connectivity index (χ2n) is 4.36. The molecule has 1 aromatic heterocycles. The Morgan fingerprint density at radius 2 is 1.61 bits per heavy atom. The summed E-state index contributed by atoms with van der Waals surface area (Å²) in [6.07, 6.45) is 2.70. The van der Waals surface area contributed by atoms with Gasteiger partial charge in [0.25, 0.3) is 0 Å². The van der Waals surface area contributed by atoms with Crippen molar-refractivity contribution in [2.45, 2.75) is 6.42 Å². The summed E-state index contributed by atoms with van der Waals surface area (Å²) in [6.45, 7) is 0. The quantitative estimate of drug-likeness (QED) is 0.690. The van der Waals surface area contributed by atoms with Crippen LogP contribution < -0.4 is 5.73 Å². The highest BCUT2D eigenvalue weighted by molar-refractivity contribution is 5.82. The van der Waals surface area contributed by atoms with Crippen LogP contribution >= 0.6 is 0 Å². The number of nitrogen functional groups attached to an aromatic ring is 1. The Labute approximate surface area is 106 Å². The van der Waals surface area contributed by atoms with E-state index in [2.05, 4.69) is 23.2 Å². The van der Waals surface area contributed by atoms with E-state index >= 15 is 0 Å². The van der Waals surface area contributed by atoms with E-state index < -0.39 is 0 Å². The first kappa shape index (κ1) is 10.8. The van der Waals surface area contributed by atoms with E-state index in [-0.39, 0.29) is 0 Å². The second kappa shape index (κ2) is 4.49. The van der Waals surface area contributed by atoms with Gasteiger partial charge in [0.1, 0.15) is 0 Å². The van der Waals surface area contributed by atoms with Gasteiger partial charge >= 0.3 is 0 Å². The number of nitrogens with zero attached hydrogens (tertiary/aromatic N) is 1. The van der Waals surface area contributed by atoms with Crippen molar-refractivity contribution in [1.82, 2.24) is 4.98 Å². The molecule has 2 nitrogen and oxygen atoms in total. The summed E-state index contributed by atoms with van der Waals surface area (Å²) in [6, 6.07) is 18.3. The van der Waals surface area contributed by atoms with Crippen molar-refractivity contribution in [1.29, 1.82) is 0 Å². The van der Waals surface area contributed by atoms with Crippen LogP contribution in [0.3, 0.4) is 0 Å². The lowest BCUT2D eigenvalue weighted by atomic mass is 10.0. The van der Waals surface area contributed by atoms with Crippen LogP contribution in [0.1, 0.15) is 11.1 Å². The molecule has 2 aromatic carbocycles. The third kappa shape index (κ3) is 1.93. The number of anilines is 1. The summed E-state index contributed by atoms with van der Waals surface area (Å²) >= 11 is 0. The van der Waals surface area contributed by atoms with Crippen LogP contribution in [-0.4, -0.2) is 4.98 Å². The standard InChI is InChI=1S/C16H14N2/c17-15-7-3-1-5-13(15)11-12-9-10-18-16-8-4-2-6-14(12)16/h1-10H,11,17H2. The van der Waals surface area contributed by atoms with E-state index in [1.165, 1.54) is 10.9 Å². The molecule has 0 aliphatic carbocycles. The highest BCUT2D eigenvalue weighted by Crippen LogP contribution is 2.21. The molecular formula is C16H14N2. The molecule has 3 aromatic rings. The maximum atomic E-state index is 6.00. The monoisotopic (exact) mass is 234 g/mol. The van der Waals surface area contributed by atoms with Crippen molar-refractivity contribution in [3.05, 3.63) is 71.9 Å². The summed E-state index contributed by atoms with van der Waals surface area (Å²) in [4.78, 5) is 4.37. The van der Waals surface area contributed by atoms with Crippen LogP contribution in [0.25, 0.3) is 10.9 Å². The van der Waals surface area contributed by atoms with Gasteiger partial charge in [-0.05, 0) is 29.3 Å². The Hall–Kier alpha value is -2.35. The van der Waals surface area contributed by atoms with Crippen molar-refractivity contribution in [3.63, 3.8) is 0 Å². The predicted octanol–water partition coefficient (Wildman–Crippen LogP) is 3.41. The van der Waals surface area contributed by atoms with E-state index in [0.29, 0.717) is 0 Å². The zero-order chi connectivity index (χ0) is 12.4. The number of para-hydroxylation sites is 2. The average Bonchev–Trinajstić information content (AvgIpc) is 2.42. The van der Waals surface area contributed by atoms with Crippen LogP contribution in [0.4, 0.5) is 5.69 Å². The molecule has 0 bridgehead atoms. The van der Waals surface area contributed by atoms with Crippen molar-refractivity contribution in [2.75, 3.05) is 5.73 Å². The maximum Gasteiger partial charge on any atom is 0.0704 e. The number of benzene rings is 2. The Morgan fingerprint density at radius 3 is 2.50 bits per heavy atom. The summed E-state index contributed by atoms with van der Waals surface area (Å²) in [7, 11) is 0. The Morgan fingerprint density at radius 1 is 0.833 bits per heavy atom. The second-order valence-corrected chi connectivity index (χ2v) is 4.36. The molecule has 0 aliphatic rings. The number of nitrogens with two attached hydrogens (primary N) is 1. The molecule has 0 saturated heterocycles. The van der Waals surface area contributed by atoms with Gasteiger partial charge in [0, 0.05) is 23.7 Å². The van der Waals surface area contributed by atoms with Crippen molar-refractivity contribution in [3.8, 4) is 0 Å². The lowest BCUT2D eigenvalue weighted by Gasteiger charge is -2.08. The zero-order valence-electron chi connectivity index (χ0n) is 10.0. The first-order valence-electron chi connectivity index (χ1n) is 6.00. The van der Waals surface area contributed by atoms with Crippen molar-refractivity contribution < 1.29 is 0 Å². The fourth-order valence-electron chi connectivity index (χ4n) is 2.21. The van der Waals surface area contributed by atoms with Gasteiger partial charge in [0.2, 0.25) is 0 Å². The molecule has 0 aliphatic heterocycles. The van der Waals surface area contributed by atoms with E-state index in [9.17, 15) is 0 Å². The predicted molar refractivity (Wildman–Crippen MR) is 75.4 cm³/mol. The van der Waals surface area contributed by atoms with Gasteiger partial charge in [-0.15, -0.1) is 0 Å². The third-order valence-electron chi connectivity index (χ3n) is 3.18. The van der Waals surface area contributed by atoms with Gasteiger partial charge < -0.3 is 5.73 Å². The third-order valence-corrected chi connectivity index (χ3v) is 3.18. The fraction of sp³-hybridized carbons (Fsp3) is 0.0625. The number of pyridine rings is 1. The van der Waals surface area contributed by atoms with Crippen LogP contribution in [0.15, 0.2) is 60.8 Å². The first-order valence-corrected chi connectivity index (χ1v) is 6.00. The van der Waals surface area contributed by atoms with Crippen LogP contribution in [0.2, 0.25) is 0 Å². The molecule has 0 unspecified atom stereocenters. The summed E-state index contributed by atoms with van der Waals surface area (Å²) < 4.78 is 0. The van der Waals surface area contributed by atoms with Gasteiger partial charge in [-0.2, -0.15) is 0 Å². The smallest absolute Gasteiger partial charge is 0.0704 e. The van der Waals surface area contributed by atoms with Crippen LogP contribution in [0.5, 0.6) is 0 Å². The lowest BCUT2D eigenvalue weighted by molar-refractivity contribution is 1.20. The van der Waals surface area contributed by atoms with E-state index in [1.54, 1.807) is 0 Å². The highest BCUT2D eigenvalue weighted by Gasteiger charge is 2.04. The molecule has 0 atom stereocenters. The van der Waals surface area contributed by atoms with Gasteiger partial charge in [0.15, 0.2) is 0 Å². The number of hydrogen-bond donors (Lipinski definition) is 1. The number of fused-ring (bicyclic) bond motifs is 1. The maximum absolute atomic E-state index is 6.00. The minimum atomic E-state index is 0.843. The zero-order valence-corrected chi connectivity index (χ0v) is 10.0. The Balaban J connectivity index is 2.08. The molecule has 0 saturated carbocycles. The van der Waals surface area contributed by atoms with Crippen molar-refractivity contribution in [2.24, 2.45) is 0 Å². The minimum Gasteiger partial charge on any atom is -0.398 e. The fourth-order valence-corrected chi connectivity index (χ4v) is 2.21. The molecule has 0 spiro atoms. The van der Waals surface area contributed by atoms with Gasteiger partial charge in [-0.3, -0.25) is 4.98 Å².